The van der Waals surface area contributed by atoms with Crippen molar-refractivity contribution in [3.8, 4) is 0 Å². The lowest BCUT2D eigenvalue weighted by Gasteiger charge is -2.36. The van der Waals surface area contributed by atoms with E-state index >= 15 is 0 Å². The fraction of sp³-hybridized carbons (Fsp3) is 0.235. The summed E-state index contributed by atoms with van der Waals surface area (Å²) >= 11 is 6.12. The third-order valence-electron chi connectivity index (χ3n) is 3.91. The van der Waals surface area contributed by atoms with E-state index in [-0.39, 0.29) is 5.91 Å². The summed E-state index contributed by atoms with van der Waals surface area (Å²) < 4.78 is 0. The number of hydrogen-bond acceptors (Lipinski definition) is 3. The zero-order chi connectivity index (χ0) is 15.5. The van der Waals surface area contributed by atoms with Gasteiger partial charge < -0.3 is 15.5 Å². The maximum absolute atomic E-state index is 12.6. The quantitative estimate of drug-likeness (QED) is 0.867. The lowest BCUT2D eigenvalue weighted by Crippen LogP contribution is -2.48. The highest BCUT2D eigenvalue weighted by Gasteiger charge is 2.23. The molecule has 0 atom stereocenters. The molecule has 5 heteroatoms. The summed E-state index contributed by atoms with van der Waals surface area (Å²) in [6.45, 7) is 2.99. The molecule has 1 aliphatic rings. The van der Waals surface area contributed by atoms with Crippen molar-refractivity contribution in [3.05, 3.63) is 59.1 Å². The second kappa shape index (κ2) is 6.28. The van der Waals surface area contributed by atoms with E-state index in [1.165, 1.54) is 5.69 Å². The van der Waals surface area contributed by atoms with Crippen LogP contribution in [0.25, 0.3) is 0 Å². The zero-order valence-corrected chi connectivity index (χ0v) is 13.0. The third kappa shape index (κ3) is 3.02. The van der Waals surface area contributed by atoms with Crippen LogP contribution < -0.4 is 10.6 Å². The van der Waals surface area contributed by atoms with E-state index in [4.69, 9.17) is 17.3 Å². The molecule has 0 radical (unpaired) electrons. The largest absolute Gasteiger partial charge is 0.399 e. The summed E-state index contributed by atoms with van der Waals surface area (Å²) in [7, 11) is 0. The number of para-hydroxylation sites is 1. The zero-order valence-electron chi connectivity index (χ0n) is 12.2. The Hall–Kier alpha value is -2.20. The van der Waals surface area contributed by atoms with E-state index in [0.29, 0.717) is 29.4 Å². The SMILES string of the molecule is Nc1ccc(Cl)c(C(=O)N2CCN(c3ccccc3)CC2)c1. The van der Waals surface area contributed by atoms with Gasteiger partial charge in [-0.15, -0.1) is 0 Å². The van der Waals surface area contributed by atoms with Crippen LogP contribution in [0.5, 0.6) is 0 Å². The molecule has 0 bridgehead atoms. The number of amides is 1. The highest BCUT2D eigenvalue weighted by Crippen LogP contribution is 2.22. The topological polar surface area (TPSA) is 49.6 Å². The number of anilines is 2. The average molecular weight is 316 g/mol. The van der Waals surface area contributed by atoms with Gasteiger partial charge in [-0.2, -0.15) is 0 Å². The number of nitrogen functional groups attached to an aromatic ring is 1. The first-order valence-corrected chi connectivity index (χ1v) is 7.67. The number of carbonyl (C=O) groups excluding carboxylic acids is 1. The van der Waals surface area contributed by atoms with Crippen LogP contribution in [-0.2, 0) is 0 Å². The van der Waals surface area contributed by atoms with E-state index in [0.717, 1.165) is 13.1 Å². The van der Waals surface area contributed by atoms with Crippen LogP contribution in [0.4, 0.5) is 11.4 Å². The third-order valence-corrected chi connectivity index (χ3v) is 4.24. The Morgan fingerprint density at radius 1 is 1.00 bits per heavy atom. The van der Waals surface area contributed by atoms with Gasteiger partial charge in [0.05, 0.1) is 10.6 Å². The Kier molecular flexibility index (Phi) is 4.20. The Balaban J connectivity index is 1.68. The maximum Gasteiger partial charge on any atom is 0.255 e. The van der Waals surface area contributed by atoms with Gasteiger partial charge in [0.15, 0.2) is 0 Å². The van der Waals surface area contributed by atoms with Gasteiger partial charge in [-0.25, -0.2) is 0 Å². The van der Waals surface area contributed by atoms with Crippen molar-refractivity contribution < 1.29 is 4.79 Å². The van der Waals surface area contributed by atoms with E-state index in [2.05, 4.69) is 17.0 Å². The van der Waals surface area contributed by atoms with Crippen LogP contribution in [0.2, 0.25) is 5.02 Å². The maximum atomic E-state index is 12.6. The van der Waals surface area contributed by atoms with Gasteiger partial charge in [-0.05, 0) is 30.3 Å². The molecule has 3 rings (SSSR count). The molecule has 1 fully saturated rings. The van der Waals surface area contributed by atoms with Gasteiger partial charge >= 0.3 is 0 Å². The molecule has 0 spiro atoms. The van der Waals surface area contributed by atoms with Crippen LogP contribution in [0, 0.1) is 0 Å². The van der Waals surface area contributed by atoms with Crippen LogP contribution in [0.1, 0.15) is 10.4 Å². The predicted octanol–water partition coefficient (Wildman–Crippen LogP) is 2.88. The molecule has 0 unspecified atom stereocenters. The Morgan fingerprint density at radius 2 is 1.68 bits per heavy atom. The van der Waals surface area contributed by atoms with Gasteiger partial charge in [-0.1, -0.05) is 29.8 Å². The van der Waals surface area contributed by atoms with Crippen molar-refractivity contribution in [2.45, 2.75) is 0 Å². The first kappa shape index (κ1) is 14.7. The second-order valence-electron chi connectivity index (χ2n) is 5.35. The molecule has 0 aliphatic carbocycles. The first-order valence-electron chi connectivity index (χ1n) is 7.29. The van der Waals surface area contributed by atoms with Crippen LogP contribution in [-0.4, -0.2) is 37.0 Å². The van der Waals surface area contributed by atoms with Crippen molar-refractivity contribution in [2.75, 3.05) is 36.8 Å². The second-order valence-corrected chi connectivity index (χ2v) is 5.76. The Bertz CT molecular complexity index is 667. The molecule has 2 aromatic rings. The molecule has 0 saturated carbocycles. The molecule has 0 aromatic heterocycles. The summed E-state index contributed by atoms with van der Waals surface area (Å²) in [6.07, 6.45) is 0. The normalized spacial score (nSPS) is 15.0. The molecular weight excluding hydrogens is 298 g/mol. The fourth-order valence-electron chi connectivity index (χ4n) is 2.68. The van der Waals surface area contributed by atoms with Crippen LogP contribution >= 0.6 is 11.6 Å². The highest BCUT2D eigenvalue weighted by molar-refractivity contribution is 6.34. The van der Waals surface area contributed by atoms with Crippen LogP contribution in [0.15, 0.2) is 48.5 Å². The molecule has 1 amide bonds. The van der Waals surface area contributed by atoms with E-state index in [1.54, 1.807) is 18.2 Å². The van der Waals surface area contributed by atoms with Gasteiger partial charge in [0.25, 0.3) is 5.91 Å². The Morgan fingerprint density at radius 3 is 2.36 bits per heavy atom. The number of piperazine rings is 1. The molecule has 114 valence electrons. The van der Waals surface area contributed by atoms with Gasteiger partial charge in [0.1, 0.15) is 0 Å². The number of benzene rings is 2. The van der Waals surface area contributed by atoms with Crippen molar-refractivity contribution in [3.63, 3.8) is 0 Å². The molecule has 1 aliphatic heterocycles. The summed E-state index contributed by atoms with van der Waals surface area (Å²) in [5.41, 5.74) is 7.98. The molecule has 1 heterocycles. The first-order chi connectivity index (χ1) is 10.6. The smallest absolute Gasteiger partial charge is 0.255 e. The highest BCUT2D eigenvalue weighted by atomic mass is 35.5. The van der Waals surface area contributed by atoms with Gasteiger partial charge in [0.2, 0.25) is 0 Å². The minimum Gasteiger partial charge on any atom is -0.399 e. The van der Waals surface area contributed by atoms with E-state index in [9.17, 15) is 4.79 Å². The molecular formula is C17H18ClN3O. The number of halogens is 1. The standard InChI is InChI=1S/C17H18ClN3O/c18-16-7-6-13(19)12-15(16)17(22)21-10-8-20(9-11-21)14-4-2-1-3-5-14/h1-7,12H,8-11,19H2. The predicted molar refractivity (Wildman–Crippen MR) is 90.4 cm³/mol. The molecule has 22 heavy (non-hydrogen) atoms. The summed E-state index contributed by atoms with van der Waals surface area (Å²) in [4.78, 5) is 16.7. The number of nitrogens with zero attached hydrogens (tertiary/aromatic N) is 2. The molecule has 2 aromatic carbocycles. The summed E-state index contributed by atoms with van der Waals surface area (Å²) in [6, 6.07) is 15.3. The van der Waals surface area contributed by atoms with E-state index in [1.807, 2.05) is 23.1 Å². The van der Waals surface area contributed by atoms with Crippen LogP contribution in [0.3, 0.4) is 0 Å². The average Bonchev–Trinajstić information content (AvgIpc) is 2.57. The number of hydrogen-bond donors (Lipinski definition) is 1. The molecule has 4 nitrogen and oxygen atoms in total. The van der Waals surface area contributed by atoms with Crippen molar-refractivity contribution in [2.24, 2.45) is 0 Å². The minimum absolute atomic E-state index is 0.0509. The number of rotatable bonds is 2. The van der Waals surface area contributed by atoms with E-state index < -0.39 is 0 Å². The van der Waals surface area contributed by atoms with Gasteiger partial charge in [-0.3, -0.25) is 4.79 Å². The van der Waals surface area contributed by atoms with Crippen molar-refractivity contribution in [1.82, 2.24) is 4.90 Å². The Labute approximate surface area is 135 Å². The number of carbonyl (C=O) groups is 1. The lowest BCUT2D eigenvalue weighted by molar-refractivity contribution is 0.0747. The van der Waals surface area contributed by atoms with Crippen molar-refractivity contribution in [1.29, 1.82) is 0 Å². The van der Waals surface area contributed by atoms with Crippen molar-refractivity contribution >= 4 is 28.9 Å². The summed E-state index contributed by atoms with van der Waals surface area (Å²) in [5, 5.41) is 0.449. The minimum atomic E-state index is -0.0509. The number of nitrogens with two attached hydrogens (primary N) is 1. The lowest BCUT2D eigenvalue weighted by atomic mass is 10.1. The fourth-order valence-corrected chi connectivity index (χ4v) is 2.88. The molecule has 2 N–H and O–H groups in total. The summed E-state index contributed by atoms with van der Waals surface area (Å²) in [5.74, 6) is -0.0509. The molecule has 1 saturated heterocycles. The van der Waals surface area contributed by atoms with Gasteiger partial charge in [0, 0.05) is 37.6 Å². The monoisotopic (exact) mass is 315 g/mol.